The molecule has 0 amide bonds. The Balaban J connectivity index is 1.44. The van der Waals surface area contributed by atoms with Crippen molar-refractivity contribution in [3.63, 3.8) is 0 Å². The van der Waals surface area contributed by atoms with Gasteiger partial charge in [-0.1, -0.05) is 16.8 Å². The van der Waals surface area contributed by atoms with Crippen LogP contribution in [-0.2, 0) is 15.8 Å². The third-order valence-corrected chi connectivity index (χ3v) is 5.94. The Bertz CT molecular complexity index is 617. The van der Waals surface area contributed by atoms with Gasteiger partial charge in [-0.3, -0.25) is 4.90 Å². The maximum absolute atomic E-state index is 12.1. The number of aromatic nitrogens is 1. The van der Waals surface area contributed by atoms with E-state index in [0.29, 0.717) is 5.69 Å². The number of allylic oxidation sites excluding steroid dienone is 1. The standard InChI is InChI=1S/C16H25N3O3S/c20-23(21,13-16-8-11-22-17-16)18-15-6-9-19(10-7-15)12-14-4-2-1-3-5-14/h4,8,11,15,18H,1-3,5-7,9-10,12-13H2. The van der Waals surface area contributed by atoms with Crippen molar-refractivity contribution in [1.82, 2.24) is 14.8 Å². The van der Waals surface area contributed by atoms with Crippen LogP contribution in [0, 0.1) is 0 Å². The topological polar surface area (TPSA) is 75.4 Å². The van der Waals surface area contributed by atoms with E-state index in [4.69, 9.17) is 0 Å². The molecule has 1 saturated heterocycles. The Hall–Kier alpha value is -1.18. The van der Waals surface area contributed by atoms with Crippen molar-refractivity contribution in [2.75, 3.05) is 19.6 Å². The second kappa shape index (κ2) is 7.59. The van der Waals surface area contributed by atoms with Crippen LogP contribution < -0.4 is 4.72 Å². The number of hydrogen-bond acceptors (Lipinski definition) is 5. The molecule has 1 aromatic rings. The number of sulfonamides is 1. The van der Waals surface area contributed by atoms with Crippen LogP contribution in [0.2, 0.25) is 0 Å². The Morgan fingerprint density at radius 1 is 1.30 bits per heavy atom. The molecule has 7 heteroatoms. The van der Waals surface area contributed by atoms with E-state index in [0.717, 1.165) is 32.5 Å². The molecule has 0 spiro atoms. The summed E-state index contributed by atoms with van der Waals surface area (Å²) in [4.78, 5) is 2.44. The smallest absolute Gasteiger partial charge is 0.217 e. The summed E-state index contributed by atoms with van der Waals surface area (Å²) in [5.74, 6) is -0.114. The zero-order valence-electron chi connectivity index (χ0n) is 13.4. The number of hydrogen-bond donors (Lipinski definition) is 1. The summed E-state index contributed by atoms with van der Waals surface area (Å²) in [5.41, 5.74) is 2.00. The molecule has 128 valence electrons. The van der Waals surface area contributed by atoms with E-state index in [1.54, 1.807) is 11.6 Å². The summed E-state index contributed by atoms with van der Waals surface area (Å²) in [6.45, 7) is 2.96. The summed E-state index contributed by atoms with van der Waals surface area (Å²) in [5, 5.41) is 3.66. The molecule has 2 aliphatic rings. The molecule has 1 aliphatic heterocycles. The summed E-state index contributed by atoms with van der Waals surface area (Å²) in [6, 6.07) is 1.61. The van der Waals surface area contributed by atoms with Crippen LogP contribution in [0.3, 0.4) is 0 Å². The Morgan fingerprint density at radius 2 is 2.13 bits per heavy atom. The molecule has 23 heavy (non-hydrogen) atoms. The lowest BCUT2D eigenvalue weighted by atomic mass is 9.98. The molecule has 0 unspecified atom stereocenters. The van der Waals surface area contributed by atoms with Crippen molar-refractivity contribution >= 4 is 10.0 Å². The van der Waals surface area contributed by atoms with Gasteiger partial charge in [-0.05, 0) is 51.6 Å². The first kappa shape index (κ1) is 16.7. The van der Waals surface area contributed by atoms with E-state index in [1.165, 1.54) is 31.9 Å². The second-order valence-corrected chi connectivity index (χ2v) is 8.28. The fourth-order valence-electron chi connectivity index (χ4n) is 3.35. The first-order valence-corrected chi connectivity index (χ1v) is 10.1. The van der Waals surface area contributed by atoms with Gasteiger partial charge in [-0.2, -0.15) is 0 Å². The van der Waals surface area contributed by atoms with Gasteiger partial charge in [0.15, 0.2) is 0 Å². The van der Waals surface area contributed by atoms with Gasteiger partial charge in [0.25, 0.3) is 0 Å². The third-order valence-electron chi connectivity index (χ3n) is 4.57. The van der Waals surface area contributed by atoms with Gasteiger partial charge in [0.05, 0.1) is 5.69 Å². The molecule has 1 fully saturated rings. The molecule has 0 atom stereocenters. The lowest BCUT2D eigenvalue weighted by Gasteiger charge is -2.33. The van der Waals surface area contributed by atoms with E-state index >= 15 is 0 Å². The molecular weight excluding hydrogens is 314 g/mol. The molecule has 1 N–H and O–H groups in total. The normalized spacial score (nSPS) is 21.3. The molecule has 3 rings (SSSR count). The van der Waals surface area contributed by atoms with Gasteiger partial charge in [0.1, 0.15) is 12.0 Å². The molecular formula is C16H25N3O3S. The molecule has 2 heterocycles. The third kappa shape index (κ3) is 5.16. The number of likely N-dealkylation sites (tertiary alicyclic amines) is 1. The number of nitrogens with zero attached hydrogens (tertiary/aromatic N) is 2. The first-order valence-electron chi connectivity index (χ1n) is 8.40. The second-order valence-electron chi connectivity index (χ2n) is 6.53. The van der Waals surface area contributed by atoms with Crippen molar-refractivity contribution in [3.8, 4) is 0 Å². The van der Waals surface area contributed by atoms with Crippen molar-refractivity contribution in [1.29, 1.82) is 0 Å². The Morgan fingerprint density at radius 3 is 2.78 bits per heavy atom. The van der Waals surface area contributed by atoms with Gasteiger partial charge < -0.3 is 4.52 Å². The van der Waals surface area contributed by atoms with Crippen LogP contribution in [0.5, 0.6) is 0 Å². The number of rotatable bonds is 6. The van der Waals surface area contributed by atoms with E-state index in [2.05, 4.69) is 25.4 Å². The largest absolute Gasteiger partial charge is 0.364 e. The summed E-state index contributed by atoms with van der Waals surface area (Å²) in [6.07, 6.45) is 10.6. The van der Waals surface area contributed by atoms with Gasteiger partial charge >= 0.3 is 0 Å². The highest BCUT2D eigenvalue weighted by Gasteiger charge is 2.24. The summed E-state index contributed by atoms with van der Waals surface area (Å²) < 4.78 is 31.8. The monoisotopic (exact) mass is 339 g/mol. The molecule has 1 aliphatic carbocycles. The minimum atomic E-state index is -3.35. The fraction of sp³-hybridized carbons (Fsp3) is 0.688. The molecule has 0 radical (unpaired) electrons. The highest BCUT2D eigenvalue weighted by Crippen LogP contribution is 2.20. The van der Waals surface area contributed by atoms with Crippen LogP contribution in [0.25, 0.3) is 0 Å². The van der Waals surface area contributed by atoms with E-state index < -0.39 is 10.0 Å². The zero-order chi connectivity index (χ0) is 16.1. The quantitative estimate of drug-likeness (QED) is 0.803. The van der Waals surface area contributed by atoms with Gasteiger partial charge in [-0.25, -0.2) is 13.1 Å². The van der Waals surface area contributed by atoms with E-state index in [9.17, 15) is 8.42 Å². The van der Waals surface area contributed by atoms with Crippen LogP contribution in [-0.4, -0.2) is 44.2 Å². The zero-order valence-corrected chi connectivity index (χ0v) is 14.2. The van der Waals surface area contributed by atoms with Crippen LogP contribution in [0.4, 0.5) is 0 Å². The summed E-state index contributed by atoms with van der Waals surface area (Å²) >= 11 is 0. The number of nitrogens with one attached hydrogen (secondary N) is 1. The first-order chi connectivity index (χ1) is 11.1. The lowest BCUT2D eigenvalue weighted by molar-refractivity contribution is 0.220. The molecule has 0 saturated carbocycles. The fourth-order valence-corrected chi connectivity index (χ4v) is 4.71. The maximum atomic E-state index is 12.1. The predicted molar refractivity (Wildman–Crippen MR) is 88.3 cm³/mol. The Kier molecular flexibility index (Phi) is 5.50. The average Bonchev–Trinajstić information content (AvgIpc) is 3.02. The van der Waals surface area contributed by atoms with Gasteiger partial charge in [0.2, 0.25) is 10.0 Å². The van der Waals surface area contributed by atoms with Crippen molar-refractivity contribution in [2.45, 2.75) is 50.3 Å². The van der Waals surface area contributed by atoms with Gasteiger partial charge in [-0.15, -0.1) is 0 Å². The molecule has 1 aromatic heterocycles. The number of piperidine rings is 1. The van der Waals surface area contributed by atoms with E-state index in [-0.39, 0.29) is 11.8 Å². The van der Waals surface area contributed by atoms with E-state index in [1.807, 2.05) is 0 Å². The van der Waals surface area contributed by atoms with Gasteiger partial charge in [0, 0.05) is 18.7 Å². The van der Waals surface area contributed by atoms with Crippen LogP contribution in [0.1, 0.15) is 44.2 Å². The maximum Gasteiger partial charge on any atom is 0.217 e. The predicted octanol–water partition coefficient (Wildman–Crippen LogP) is 2.06. The SMILES string of the molecule is O=S(=O)(Cc1ccon1)NC1CCN(CC2=CCCCC2)CC1. The molecule has 6 nitrogen and oxygen atoms in total. The highest BCUT2D eigenvalue weighted by atomic mass is 32.2. The lowest BCUT2D eigenvalue weighted by Crippen LogP contribution is -2.45. The van der Waals surface area contributed by atoms with Crippen LogP contribution >= 0.6 is 0 Å². The van der Waals surface area contributed by atoms with Crippen LogP contribution in [0.15, 0.2) is 28.5 Å². The molecule has 0 bridgehead atoms. The minimum Gasteiger partial charge on any atom is -0.364 e. The van der Waals surface area contributed by atoms with Crippen molar-refractivity contribution in [3.05, 3.63) is 29.7 Å². The summed E-state index contributed by atoms with van der Waals surface area (Å²) in [7, 11) is -3.35. The van der Waals surface area contributed by atoms with Crippen molar-refractivity contribution in [2.24, 2.45) is 0 Å². The minimum absolute atomic E-state index is 0.0310. The van der Waals surface area contributed by atoms with Crippen molar-refractivity contribution < 1.29 is 12.9 Å². The molecule has 0 aromatic carbocycles. The highest BCUT2D eigenvalue weighted by molar-refractivity contribution is 7.88. The average molecular weight is 339 g/mol. The Labute approximate surface area is 138 Å².